The first-order chi connectivity index (χ1) is 14.7. The number of fused-ring (bicyclic) bond motifs is 6. The van der Waals surface area contributed by atoms with Gasteiger partial charge in [0.1, 0.15) is 11.5 Å². The van der Waals surface area contributed by atoms with Gasteiger partial charge in [0.2, 0.25) is 0 Å². The van der Waals surface area contributed by atoms with Crippen LogP contribution in [-0.4, -0.2) is 30.1 Å². The van der Waals surface area contributed by atoms with Gasteiger partial charge in [-0.15, -0.1) is 0 Å². The summed E-state index contributed by atoms with van der Waals surface area (Å²) in [7, 11) is 0. The van der Waals surface area contributed by atoms with Crippen molar-refractivity contribution < 1.29 is 10.2 Å². The molecule has 0 amide bonds. The van der Waals surface area contributed by atoms with E-state index < -0.39 is 0 Å². The van der Waals surface area contributed by atoms with Crippen LogP contribution in [-0.2, 0) is 0 Å². The van der Waals surface area contributed by atoms with Crippen molar-refractivity contribution >= 4 is 43.6 Å². The molecule has 0 saturated heterocycles. The molecule has 0 unspecified atom stereocenters. The third-order valence-corrected chi connectivity index (χ3v) is 4.82. The van der Waals surface area contributed by atoms with Crippen LogP contribution in [0, 0.1) is 0 Å². The van der Waals surface area contributed by atoms with Crippen molar-refractivity contribution in [3.05, 3.63) is 85.5 Å². The molecular formula is C24H16N4O2. The molecule has 4 heterocycles. The molecule has 0 fully saturated rings. The normalized spacial score (nSPS) is 10.9. The Balaban J connectivity index is 0.000000130. The average molecular weight is 392 g/mol. The summed E-state index contributed by atoms with van der Waals surface area (Å²) in [5.41, 5.74) is 3.39. The Morgan fingerprint density at radius 3 is 1.33 bits per heavy atom. The van der Waals surface area contributed by atoms with Crippen molar-refractivity contribution in [2.24, 2.45) is 0 Å². The van der Waals surface area contributed by atoms with E-state index in [0.29, 0.717) is 0 Å². The Morgan fingerprint density at radius 2 is 0.867 bits per heavy atom. The Bertz CT molecular complexity index is 1420. The monoisotopic (exact) mass is 392 g/mol. The van der Waals surface area contributed by atoms with Crippen LogP contribution in [0.4, 0.5) is 0 Å². The van der Waals surface area contributed by atoms with E-state index in [1.54, 1.807) is 24.5 Å². The SMILES string of the molecule is Oc1cnc2c(ccc3cc(O)cnc32)c1.c1cnc2c(c1)ccc1cccnc12. The molecular weight excluding hydrogens is 376 g/mol. The van der Waals surface area contributed by atoms with E-state index in [0.717, 1.165) is 43.6 Å². The van der Waals surface area contributed by atoms with E-state index in [1.807, 2.05) is 24.3 Å². The summed E-state index contributed by atoms with van der Waals surface area (Å²) in [4.78, 5) is 17.0. The number of benzene rings is 2. The van der Waals surface area contributed by atoms with E-state index in [1.165, 1.54) is 12.4 Å². The Morgan fingerprint density at radius 1 is 0.467 bits per heavy atom. The number of rotatable bonds is 0. The Hall–Kier alpha value is -4.32. The Labute approximate surface area is 171 Å². The maximum Gasteiger partial charge on any atom is 0.134 e. The van der Waals surface area contributed by atoms with Gasteiger partial charge in [-0.3, -0.25) is 19.9 Å². The largest absolute Gasteiger partial charge is 0.506 e. The number of hydrogen-bond donors (Lipinski definition) is 2. The van der Waals surface area contributed by atoms with Crippen molar-refractivity contribution in [1.29, 1.82) is 0 Å². The Kier molecular flexibility index (Phi) is 4.29. The molecule has 30 heavy (non-hydrogen) atoms. The van der Waals surface area contributed by atoms with Crippen molar-refractivity contribution in [3.8, 4) is 11.5 Å². The number of nitrogens with zero attached hydrogens (tertiary/aromatic N) is 4. The van der Waals surface area contributed by atoms with Gasteiger partial charge in [-0.1, -0.05) is 36.4 Å². The third kappa shape index (κ3) is 3.20. The molecule has 0 saturated carbocycles. The van der Waals surface area contributed by atoms with E-state index in [-0.39, 0.29) is 11.5 Å². The molecule has 0 aliphatic heterocycles. The molecule has 0 aliphatic carbocycles. The summed E-state index contributed by atoms with van der Waals surface area (Å²) in [6.45, 7) is 0. The average Bonchev–Trinajstić information content (AvgIpc) is 2.79. The summed E-state index contributed by atoms with van der Waals surface area (Å²) >= 11 is 0. The smallest absolute Gasteiger partial charge is 0.134 e. The number of hydrogen-bond acceptors (Lipinski definition) is 6. The van der Waals surface area contributed by atoms with Gasteiger partial charge in [-0.05, 0) is 24.3 Å². The van der Waals surface area contributed by atoms with Crippen LogP contribution in [0.2, 0.25) is 0 Å². The van der Waals surface area contributed by atoms with Gasteiger partial charge >= 0.3 is 0 Å². The molecule has 6 aromatic rings. The predicted molar refractivity (Wildman–Crippen MR) is 117 cm³/mol. The van der Waals surface area contributed by atoms with Crippen LogP contribution in [0.15, 0.2) is 85.5 Å². The number of pyridine rings is 4. The minimum Gasteiger partial charge on any atom is -0.506 e. The molecule has 2 aromatic carbocycles. The lowest BCUT2D eigenvalue weighted by molar-refractivity contribution is 0.473. The molecule has 6 nitrogen and oxygen atoms in total. The second-order valence-electron chi connectivity index (χ2n) is 6.81. The van der Waals surface area contributed by atoms with Crippen molar-refractivity contribution in [2.45, 2.75) is 0 Å². The fourth-order valence-corrected chi connectivity index (χ4v) is 3.45. The summed E-state index contributed by atoms with van der Waals surface area (Å²) in [6.07, 6.45) is 6.37. The first-order valence-corrected chi connectivity index (χ1v) is 9.34. The van der Waals surface area contributed by atoms with Crippen LogP contribution in [0.1, 0.15) is 0 Å². The van der Waals surface area contributed by atoms with Gasteiger partial charge in [0.15, 0.2) is 0 Å². The third-order valence-electron chi connectivity index (χ3n) is 4.82. The lowest BCUT2D eigenvalue weighted by Gasteiger charge is -2.02. The number of aromatic nitrogens is 4. The van der Waals surface area contributed by atoms with Gasteiger partial charge in [-0.2, -0.15) is 0 Å². The molecule has 0 aliphatic rings. The zero-order chi connectivity index (χ0) is 20.5. The fraction of sp³-hybridized carbons (Fsp3) is 0. The summed E-state index contributed by atoms with van der Waals surface area (Å²) in [6, 6.07) is 19.1. The van der Waals surface area contributed by atoms with E-state index in [4.69, 9.17) is 0 Å². The zero-order valence-electron chi connectivity index (χ0n) is 15.8. The second-order valence-corrected chi connectivity index (χ2v) is 6.81. The minimum atomic E-state index is 0.130. The summed E-state index contributed by atoms with van der Waals surface area (Å²) in [5, 5.41) is 22.6. The zero-order valence-corrected chi connectivity index (χ0v) is 15.8. The fourth-order valence-electron chi connectivity index (χ4n) is 3.45. The summed E-state index contributed by atoms with van der Waals surface area (Å²) < 4.78 is 0. The van der Waals surface area contributed by atoms with Gasteiger partial charge in [0.05, 0.1) is 34.5 Å². The highest BCUT2D eigenvalue weighted by Gasteiger charge is 2.04. The molecule has 4 aromatic heterocycles. The minimum absolute atomic E-state index is 0.130. The van der Waals surface area contributed by atoms with E-state index >= 15 is 0 Å². The molecule has 0 atom stereocenters. The highest BCUT2D eigenvalue weighted by molar-refractivity contribution is 6.03. The molecule has 0 radical (unpaired) electrons. The van der Waals surface area contributed by atoms with Crippen LogP contribution < -0.4 is 0 Å². The number of aromatic hydroxyl groups is 2. The molecule has 6 heteroatoms. The van der Waals surface area contributed by atoms with Crippen LogP contribution in [0.25, 0.3) is 43.6 Å². The van der Waals surface area contributed by atoms with Crippen LogP contribution in [0.3, 0.4) is 0 Å². The predicted octanol–water partition coefficient (Wildman–Crippen LogP) is 4.98. The van der Waals surface area contributed by atoms with Gasteiger partial charge in [-0.25, -0.2) is 0 Å². The van der Waals surface area contributed by atoms with Gasteiger partial charge in [0.25, 0.3) is 0 Å². The maximum atomic E-state index is 9.32. The topological polar surface area (TPSA) is 92.0 Å². The van der Waals surface area contributed by atoms with E-state index in [9.17, 15) is 10.2 Å². The highest BCUT2D eigenvalue weighted by Crippen LogP contribution is 2.26. The molecule has 6 rings (SSSR count). The van der Waals surface area contributed by atoms with Gasteiger partial charge in [0, 0.05) is 33.9 Å². The van der Waals surface area contributed by atoms with Crippen molar-refractivity contribution in [3.63, 3.8) is 0 Å². The van der Waals surface area contributed by atoms with E-state index in [2.05, 4.69) is 44.2 Å². The second kappa shape index (κ2) is 7.25. The first kappa shape index (κ1) is 17.8. The quantitative estimate of drug-likeness (QED) is 0.354. The van der Waals surface area contributed by atoms with Crippen molar-refractivity contribution in [1.82, 2.24) is 19.9 Å². The van der Waals surface area contributed by atoms with Crippen LogP contribution in [0.5, 0.6) is 11.5 Å². The molecule has 144 valence electrons. The lowest BCUT2D eigenvalue weighted by atomic mass is 10.1. The van der Waals surface area contributed by atoms with Crippen LogP contribution >= 0.6 is 0 Å². The first-order valence-electron chi connectivity index (χ1n) is 9.34. The maximum absolute atomic E-state index is 9.32. The standard InChI is InChI=1S/C12H8N2O2.C12H8N2/c15-9-3-7-1-2-8-4-10(16)6-14-12(8)11(7)13-5-9;1-3-9-5-6-10-4-2-8-14-12(10)11(9)13-7-1/h1-6,15-16H;1-8H. The lowest BCUT2D eigenvalue weighted by Crippen LogP contribution is -1.84. The molecule has 0 spiro atoms. The molecule has 0 bridgehead atoms. The summed E-state index contributed by atoms with van der Waals surface area (Å²) in [5.74, 6) is 0.260. The molecule has 2 N–H and O–H groups in total. The van der Waals surface area contributed by atoms with Crippen molar-refractivity contribution in [2.75, 3.05) is 0 Å². The highest BCUT2D eigenvalue weighted by atomic mass is 16.3. The van der Waals surface area contributed by atoms with Gasteiger partial charge < -0.3 is 10.2 Å².